The van der Waals surface area contributed by atoms with Gasteiger partial charge in [0.2, 0.25) is 5.91 Å². The van der Waals surface area contributed by atoms with Gasteiger partial charge in [0.1, 0.15) is 0 Å². The van der Waals surface area contributed by atoms with Crippen LogP contribution in [0.1, 0.15) is 30.9 Å². The lowest BCUT2D eigenvalue weighted by molar-refractivity contribution is -0.122. The molecule has 1 aromatic rings. The van der Waals surface area contributed by atoms with Crippen LogP contribution in [0.25, 0.3) is 0 Å². The molecule has 0 radical (unpaired) electrons. The van der Waals surface area contributed by atoms with E-state index in [9.17, 15) is 4.79 Å². The first-order valence-electron chi connectivity index (χ1n) is 6.41. The molecular weight excluding hydrogens is 228 g/mol. The summed E-state index contributed by atoms with van der Waals surface area (Å²) in [5, 5.41) is 15.1. The molecule has 4 heteroatoms. The van der Waals surface area contributed by atoms with Gasteiger partial charge in [-0.3, -0.25) is 4.79 Å². The molecule has 1 aromatic carbocycles. The largest absolute Gasteiger partial charge is 0.392 e. The minimum Gasteiger partial charge on any atom is -0.392 e. The highest BCUT2D eigenvalue weighted by atomic mass is 16.3. The minimum atomic E-state index is -0.178. The number of nitrogens with one attached hydrogen (secondary N) is 2. The summed E-state index contributed by atoms with van der Waals surface area (Å²) in [6.07, 6.45) is 2.22. The van der Waals surface area contributed by atoms with E-state index in [0.717, 1.165) is 24.0 Å². The van der Waals surface area contributed by atoms with Crippen molar-refractivity contribution in [1.82, 2.24) is 10.6 Å². The Morgan fingerprint density at radius 2 is 1.94 bits per heavy atom. The molecule has 0 heterocycles. The Hall–Kier alpha value is -1.39. The topological polar surface area (TPSA) is 61.4 Å². The lowest BCUT2D eigenvalue weighted by atomic mass is 10.1. The molecule has 0 aromatic heterocycles. The average molecular weight is 248 g/mol. The lowest BCUT2D eigenvalue weighted by Crippen LogP contribution is -2.42. The van der Waals surface area contributed by atoms with E-state index in [4.69, 9.17) is 5.11 Å². The third kappa shape index (κ3) is 3.82. The highest BCUT2D eigenvalue weighted by molar-refractivity contribution is 5.81. The fraction of sp³-hybridized carbons (Fsp3) is 0.500. The Morgan fingerprint density at radius 1 is 1.33 bits per heavy atom. The molecule has 18 heavy (non-hydrogen) atoms. The number of amides is 1. The van der Waals surface area contributed by atoms with Gasteiger partial charge in [0.25, 0.3) is 0 Å². The summed E-state index contributed by atoms with van der Waals surface area (Å²) in [6.45, 7) is 2.60. The van der Waals surface area contributed by atoms with Gasteiger partial charge in [-0.2, -0.15) is 0 Å². The van der Waals surface area contributed by atoms with Crippen LogP contribution in [0.3, 0.4) is 0 Å². The van der Waals surface area contributed by atoms with Crippen LogP contribution in [0.15, 0.2) is 24.3 Å². The highest BCUT2D eigenvalue weighted by Crippen LogP contribution is 2.18. The summed E-state index contributed by atoms with van der Waals surface area (Å²) < 4.78 is 0. The summed E-state index contributed by atoms with van der Waals surface area (Å²) in [7, 11) is 0. The average Bonchev–Trinajstić information content (AvgIpc) is 3.20. The maximum atomic E-state index is 11.7. The molecule has 0 aliphatic heterocycles. The Bertz CT molecular complexity index is 399. The third-order valence-electron chi connectivity index (χ3n) is 3.13. The van der Waals surface area contributed by atoms with Gasteiger partial charge in [-0.25, -0.2) is 0 Å². The molecule has 1 aliphatic carbocycles. The Labute approximate surface area is 107 Å². The van der Waals surface area contributed by atoms with Crippen LogP contribution >= 0.6 is 0 Å². The Kier molecular flexibility index (Phi) is 4.33. The molecule has 1 saturated carbocycles. The van der Waals surface area contributed by atoms with E-state index in [0.29, 0.717) is 12.6 Å². The first-order valence-corrected chi connectivity index (χ1v) is 6.41. The van der Waals surface area contributed by atoms with E-state index < -0.39 is 0 Å². The van der Waals surface area contributed by atoms with Crippen LogP contribution in [0.4, 0.5) is 0 Å². The van der Waals surface area contributed by atoms with Gasteiger partial charge >= 0.3 is 0 Å². The molecule has 3 N–H and O–H groups in total. The predicted octanol–water partition coefficient (Wildman–Crippen LogP) is 0.936. The molecule has 1 atom stereocenters. The smallest absolute Gasteiger partial charge is 0.237 e. The van der Waals surface area contributed by atoms with E-state index in [1.54, 1.807) is 0 Å². The second-order valence-electron chi connectivity index (χ2n) is 4.86. The molecule has 2 rings (SSSR count). The predicted molar refractivity (Wildman–Crippen MR) is 69.8 cm³/mol. The second-order valence-corrected chi connectivity index (χ2v) is 4.86. The van der Waals surface area contributed by atoms with E-state index >= 15 is 0 Å². The van der Waals surface area contributed by atoms with Crippen molar-refractivity contribution >= 4 is 5.91 Å². The molecule has 1 unspecified atom stereocenters. The number of carbonyl (C=O) groups is 1. The highest BCUT2D eigenvalue weighted by Gasteiger charge is 2.25. The molecule has 0 spiro atoms. The summed E-state index contributed by atoms with van der Waals surface area (Å²) in [4.78, 5) is 11.7. The number of aliphatic hydroxyl groups is 1. The molecule has 1 amide bonds. The monoisotopic (exact) mass is 248 g/mol. The van der Waals surface area contributed by atoms with Crippen molar-refractivity contribution in [2.45, 2.75) is 45.0 Å². The van der Waals surface area contributed by atoms with Crippen LogP contribution in [0.2, 0.25) is 0 Å². The summed E-state index contributed by atoms with van der Waals surface area (Å²) in [6, 6.07) is 7.94. The van der Waals surface area contributed by atoms with Crippen molar-refractivity contribution in [2.24, 2.45) is 0 Å². The van der Waals surface area contributed by atoms with Gasteiger partial charge in [0.15, 0.2) is 0 Å². The zero-order chi connectivity index (χ0) is 13.0. The van der Waals surface area contributed by atoms with Gasteiger partial charge in [0, 0.05) is 12.6 Å². The zero-order valence-corrected chi connectivity index (χ0v) is 10.6. The number of benzene rings is 1. The zero-order valence-electron chi connectivity index (χ0n) is 10.6. The third-order valence-corrected chi connectivity index (χ3v) is 3.13. The molecule has 98 valence electrons. The number of rotatable bonds is 6. The van der Waals surface area contributed by atoms with Crippen molar-refractivity contribution < 1.29 is 9.90 Å². The van der Waals surface area contributed by atoms with Crippen molar-refractivity contribution in [3.63, 3.8) is 0 Å². The maximum absolute atomic E-state index is 11.7. The molecular formula is C14H20N2O2. The molecule has 4 nitrogen and oxygen atoms in total. The van der Waals surface area contributed by atoms with Crippen LogP contribution in [0, 0.1) is 0 Å². The van der Waals surface area contributed by atoms with Crippen LogP contribution in [-0.2, 0) is 17.9 Å². The molecule has 1 aliphatic rings. The van der Waals surface area contributed by atoms with Crippen molar-refractivity contribution in [1.29, 1.82) is 0 Å². The minimum absolute atomic E-state index is 0.0634. The first-order chi connectivity index (χ1) is 8.69. The number of carbonyl (C=O) groups excluding carboxylic acids is 1. The summed E-state index contributed by atoms with van der Waals surface area (Å²) >= 11 is 0. The lowest BCUT2D eigenvalue weighted by Gasteiger charge is -2.13. The van der Waals surface area contributed by atoms with E-state index in [2.05, 4.69) is 10.6 Å². The Morgan fingerprint density at radius 3 is 2.50 bits per heavy atom. The summed E-state index contributed by atoms with van der Waals surface area (Å²) in [5.74, 6) is 0.0736. The van der Waals surface area contributed by atoms with Gasteiger partial charge < -0.3 is 15.7 Å². The van der Waals surface area contributed by atoms with Crippen LogP contribution in [-0.4, -0.2) is 23.1 Å². The fourth-order valence-electron chi connectivity index (χ4n) is 1.68. The van der Waals surface area contributed by atoms with Gasteiger partial charge in [-0.05, 0) is 30.9 Å². The Balaban J connectivity index is 1.76. The van der Waals surface area contributed by atoms with E-state index in [-0.39, 0.29) is 18.6 Å². The maximum Gasteiger partial charge on any atom is 0.237 e. The summed E-state index contributed by atoms with van der Waals surface area (Å²) in [5.41, 5.74) is 2.01. The van der Waals surface area contributed by atoms with Crippen LogP contribution < -0.4 is 10.6 Å². The quantitative estimate of drug-likeness (QED) is 0.702. The van der Waals surface area contributed by atoms with Crippen molar-refractivity contribution in [2.75, 3.05) is 0 Å². The standard InChI is InChI=1S/C14H20N2O2/c1-10(14(18)16-13-6-7-13)15-8-11-2-4-12(9-17)5-3-11/h2-5,10,13,15,17H,6-9H2,1H3,(H,16,18). The van der Waals surface area contributed by atoms with Gasteiger partial charge in [-0.1, -0.05) is 24.3 Å². The molecule has 0 saturated heterocycles. The molecule has 1 fully saturated rings. The van der Waals surface area contributed by atoms with Gasteiger partial charge in [0.05, 0.1) is 12.6 Å². The molecule has 0 bridgehead atoms. The SMILES string of the molecule is CC(NCc1ccc(CO)cc1)C(=O)NC1CC1. The number of aliphatic hydroxyl groups excluding tert-OH is 1. The van der Waals surface area contributed by atoms with E-state index in [1.165, 1.54) is 0 Å². The first kappa shape index (κ1) is 13.1. The number of hydrogen-bond donors (Lipinski definition) is 3. The van der Waals surface area contributed by atoms with E-state index in [1.807, 2.05) is 31.2 Å². The normalized spacial score (nSPS) is 16.3. The second kappa shape index (κ2) is 5.98. The van der Waals surface area contributed by atoms with Gasteiger partial charge in [-0.15, -0.1) is 0 Å². The van der Waals surface area contributed by atoms with Crippen molar-refractivity contribution in [3.05, 3.63) is 35.4 Å². The fourth-order valence-corrected chi connectivity index (χ4v) is 1.68. The van der Waals surface area contributed by atoms with Crippen molar-refractivity contribution in [3.8, 4) is 0 Å². The van der Waals surface area contributed by atoms with Crippen LogP contribution in [0.5, 0.6) is 0 Å². The number of hydrogen-bond acceptors (Lipinski definition) is 3.